The SMILES string of the molecule is CCCCCCC(NCCC)c1c(Br)cnn1CCC. The third kappa shape index (κ3) is 5.57. The number of rotatable bonds is 11. The van der Waals surface area contributed by atoms with Crippen LogP contribution in [0.25, 0.3) is 0 Å². The van der Waals surface area contributed by atoms with E-state index in [-0.39, 0.29) is 0 Å². The van der Waals surface area contributed by atoms with Crippen molar-refractivity contribution < 1.29 is 0 Å². The molecule has 1 aromatic heterocycles. The lowest BCUT2D eigenvalue weighted by Crippen LogP contribution is -2.25. The van der Waals surface area contributed by atoms with Crippen LogP contribution in [-0.2, 0) is 6.54 Å². The Morgan fingerprint density at radius 3 is 2.60 bits per heavy atom. The summed E-state index contributed by atoms with van der Waals surface area (Å²) in [6.07, 6.45) is 10.7. The maximum Gasteiger partial charge on any atom is 0.0695 e. The fourth-order valence-electron chi connectivity index (χ4n) is 2.54. The number of hydrogen-bond donors (Lipinski definition) is 1. The summed E-state index contributed by atoms with van der Waals surface area (Å²) >= 11 is 3.68. The largest absolute Gasteiger partial charge is 0.309 e. The minimum Gasteiger partial charge on any atom is -0.309 e. The summed E-state index contributed by atoms with van der Waals surface area (Å²) < 4.78 is 3.31. The molecule has 0 fully saturated rings. The van der Waals surface area contributed by atoms with Crippen LogP contribution in [0.3, 0.4) is 0 Å². The highest BCUT2D eigenvalue weighted by Gasteiger charge is 2.18. The van der Waals surface area contributed by atoms with Gasteiger partial charge in [0.2, 0.25) is 0 Å². The topological polar surface area (TPSA) is 29.9 Å². The molecule has 0 saturated carbocycles. The van der Waals surface area contributed by atoms with Crippen molar-refractivity contribution in [3.05, 3.63) is 16.4 Å². The molecule has 1 atom stereocenters. The molecule has 0 radical (unpaired) electrons. The third-order valence-electron chi connectivity index (χ3n) is 3.59. The van der Waals surface area contributed by atoms with E-state index in [1.54, 1.807) is 0 Å². The Kier molecular flexibility index (Phi) is 9.19. The van der Waals surface area contributed by atoms with E-state index in [2.05, 4.69) is 51.8 Å². The van der Waals surface area contributed by atoms with Gasteiger partial charge in [-0.05, 0) is 41.7 Å². The maximum atomic E-state index is 4.51. The Hall–Kier alpha value is -0.350. The Morgan fingerprint density at radius 1 is 1.15 bits per heavy atom. The van der Waals surface area contributed by atoms with E-state index in [9.17, 15) is 0 Å². The summed E-state index contributed by atoms with van der Waals surface area (Å²) in [6.45, 7) is 8.76. The van der Waals surface area contributed by atoms with E-state index >= 15 is 0 Å². The molecule has 1 N–H and O–H groups in total. The predicted octanol–water partition coefficient (Wildman–Crippen LogP) is 5.07. The van der Waals surface area contributed by atoms with Crippen LogP contribution in [0.15, 0.2) is 10.7 Å². The van der Waals surface area contributed by atoms with Gasteiger partial charge in [0.05, 0.1) is 22.4 Å². The van der Waals surface area contributed by atoms with E-state index in [0.717, 1.165) is 24.0 Å². The molecule has 3 nitrogen and oxygen atoms in total. The fourth-order valence-corrected chi connectivity index (χ4v) is 3.11. The minimum atomic E-state index is 0.426. The third-order valence-corrected chi connectivity index (χ3v) is 4.20. The number of hydrogen-bond acceptors (Lipinski definition) is 2. The first-order chi connectivity index (χ1) is 9.74. The van der Waals surface area contributed by atoms with Gasteiger partial charge in [0.25, 0.3) is 0 Å². The number of aromatic nitrogens is 2. The van der Waals surface area contributed by atoms with Gasteiger partial charge in [0, 0.05) is 6.54 Å². The first-order valence-corrected chi connectivity index (χ1v) is 8.98. The lowest BCUT2D eigenvalue weighted by atomic mass is 10.0. The van der Waals surface area contributed by atoms with Crippen LogP contribution < -0.4 is 5.32 Å². The summed E-state index contributed by atoms with van der Waals surface area (Å²) in [5.41, 5.74) is 1.33. The molecule has 0 saturated heterocycles. The molecule has 0 bridgehead atoms. The van der Waals surface area contributed by atoms with Crippen molar-refractivity contribution >= 4 is 15.9 Å². The molecule has 0 aliphatic rings. The van der Waals surface area contributed by atoms with Gasteiger partial charge in [-0.3, -0.25) is 4.68 Å². The van der Waals surface area contributed by atoms with E-state index in [1.165, 1.54) is 44.2 Å². The summed E-state index contributed by atoms with van der Waals surface area (Å²) in [4.78, 5) is 0. The monoisotopic (exact) mass is 343 g/mol. The number of halogens is 1. The molecule has 1 unspecified atom stereocenters. The van der Waals surface area contributed by atoms with Crippen LogP contribution in [0.5, 0.6) is 0 Å². The van der Waals surface area contributed by atoms with E-state index in [1.807, 2.05) is 6.20 Å². The van der Waals surface area contributed by atoms with Crippen molar-refractivity contribution in [3.63, 3.8) is 0 Å². The molecule has 0 aliphatic carbocycles. The average Bonchev–Trinajstić information content (AvgIpc) is 2.80. The average molecular weight is 344 g/mol. The Morgan fingerprint density at radius 2 is 1.95 bits per heavy atom. The molecule has 0 amide bonds. The Bertz CT molecular complexity index is 363. The van der Waals surface area contributed by atoms with Gasteiger partial charge < -0.3 is 5.32 Å². The van der Waals surface area contributed by atoms with Crippen molar-refractivity contribution in [2.45, 2.75) is 78.3 Å². The van der Waals surface area contributed by atoms with Crippen molar-refractivity contribution in [3.8, 4) is 0 Å². The van der Waals surface area contributed by atoms with E-state index in [4.69, 9.17) is 0 Å². The van der Waals surface area contributed by atoms with Crippen molar-refractivity contribution in [2.24, 2.45) is 0 Å². The molecule has 4 heteroatoms. The van der Waals surface area contributed by atoms with Gasteiger partial charge >= 0.3 is 0 Å². The van der Waals surface area contributed by atoms with Crippen LogP contribution in [0.4, 0.5) is 0 Å². The lowest BCUT2D eigenvalue weighted by molar-refractivity contribution is 0.430. The smallest absolute Gasteiger partial charge is 0.0695 e. The highest BCUT2D eigenvalue weighted by Crippen LogP contribution is 2.27. The number of unbranched alkanes of at least 4 members (excludes halogenated alkanes) is 3. The summed E-state index contributed by atoms with van der Waals surface area (Å²) in [5.74, 6) is 0. The molecule has 1 aromatic rings. The molecule has 0 aromatic carbocycles. The van der Waals surface area contributed by atoms with Crippen LogP contribution in [0.1, 0.15) is 77.5 Å². The first-order valence-electron chi connectivity index (χ1n) is 8.19. The van der Waals surface area contributed by atoms with Gasteiger partial charge in [-0.1, -0.05) is 46.5 Å². The summed E-state index contributed by atoms with van der Waals surface area (Å²) in [5, 5.41) is 8.21. The van der Waals surface area contributed by atoms with Crippen LogP contribution >= 0.6 is 15.9 Å². The quantitative estimate of drug-likeness (QED) is 0.568. The maximum absolute atomic E-state index is 4.51. The molecule has 1 rings (SSSR count). The lowest BCUT2D eigenvalue weighted by Gasteiger charge is -2.20. The summed E-state index contributed by atoms with van der Waals surface area (Å²) in [6, 6.07) is 0.426. The highest BCUT2D eigenvalue weighted by molar-refractivity contribution is 9.10. The van der Waals surface area contributed by atoms with Crippen molar-refractivity contribution in [1.82, 2.24) is 15.1 Å². The zero-order valence-corrected chi connectivity index (χ0v) is 14.9. The molecular weight excluding hydrogens is 314 g/mol. The minimum absolute atomic E-state index is 0.426. The van der Waals surface area contributed by atoms with Crippen molar-refractivity contribution in [1.29, 1.82) is 0 Å². The standard InChI is InChI=1S/C16H30BrN3/c1-4-7-8-9-10-15(18-11-5-2)16-14(17)13-19-20(16)12-6-3/h13,15,18H,4-12H2,1-3H3. The van der Waals surface area contributed by atoms with Gasteiger partial charge in [-0.2, -0.15) is 5.10 Å². The number of nitrogens with zero attached hydrogens (tertiary/aromatic N) is 2. The Balaban J connectivity index is 2.72. The van der Waals surface area contributed by atoms with E-state index < -0.39 is 0 Å². The van der Waals surface area contributed by atoms with E-state index in [0.29, 0.717) is 6.04 Å². The molecule has 0 spiro atoms. The predicted molar refractivity (Wildman–Crippen MR) is 90.0 cm³/mol. The molecular formula is C16H30BrN3. The van der Waals surface area contributed by atoms with Gasteiger partial charge in [-0.25, -0.2) is 0 Å². The second kappa shape index (κ2) is 10.4. The Labute approximate surface area is 132 Å². The normalized spacial score (nSPS) is 12.8. The second-order valence-electron chi connectivity index (χ2n) is 5.46. The number of aryl methyl sites for hydroxylation is 1. The van der Waals surface area contributed by atoms with Crippen LogP contribution in [0, 0.1) is 0 Å². The van der Waals surface area contributed by atoms with Gasteiger partial charge in [0.1, 0.15) is 0 Å². The van der Waals surface area contributed by atoms with Gasteiger partial charge in [0.15, 0.2) is 0 Å². The van der Waals surface area contributed by atoms with Crippen LogP contribution in [-0.4, -0.2) is 16.3 Å². The van der Waals surface area contributed by atoms with Gasteiger partial charge in [-0.15, -0.1) is 0 Å². The second-order valence-corrected chi connectivity index (χ2v) is 6.31. The molecule has 1 heterocycles. The molecule has 0 aliphatic heterocycles. The summed E-state index contributed by atoms with van der Waals surface area (Å²) in [7, 11) is 0. The zero-order valence-electron chi connectivity index (χ0n) is 13.3. The number of nitrogens with one attached hydrogen (secondary N) is 1. The fraction of sp³-hybridized carbons (Fsp3) is 0.812. The zero-order chi connectivity index (χ0) is 14.8. The first kappa shape index (κ1) is 17.7. The van der Waals surface area contributed by atoms with Crippen molar-refractivity contribution in [2.75, 3.05) is 6.54 Å². The molecule has 20 heavy (non-hydrogen) atoms. The molecule has 116 valence electrons. The highest BCUT2D eigenvalue weighted by atomic mass is 79.9. The van der Waals surface area contributed by atoms with Crippen LogP contribution in [0.2, 0.25) is 0 Å².